The van der Waals surface area contributed by atoms with E-state index in [1.165, 1.54) is 4.90 Å². The molecule has 1 aromatic rings. The van der Waals surface area contributed by atoms with E-state index in [1.807, 2.05) is 32.0 Å². The number of benzene rings is 1. The van der Waals surface area contributed by atoms with Gasteiger partial charge in [0.25, 0.3) is 0 Å². The third kappa shape index (κ3) is 2.36. The zero-order valence-corrected chi connectivity index (χ0v) is 10.1. The molecule has 0 saturated carbocycles. The van der Waals surface area contributed by atoms with Gasteiger partial charge in [0.05, 0.1) is 19.6 Å². The van der Waals surface area contributed by atoms with Gasteiger partial charge in [-0.15, -0.1) is 0 Å². The summed E-state index contributed by atoms with van der Waals surface area (Å²) in [5.74, 6) is -0.298. The Morgan fingerprint density at radius 3 is 2.18 bits per heavy atom. The molecule has 0 bridgehead atoms. The molecule has 1 aliphatic heterocycles. The van der Waals surface area contributed by atoms with Crippen LogP contribution in [-0.4, -0.2) is 29.8 Å². The molecule has 0 atom stereocenters. The number of nitrogens with one attached hydrogen (secondary N) is 1. The van der Waals surface area contributed by atoms with E-state index < -0.39 is 0 Å². The van der Waals surface area contributed by atoms with Crippen molar-refractivity contribution >= 4 is 11.8 Å². The molecule has 0 unspecified atom stereocenters. The van der Waals surface area contributed by atoms with E-state index in [-0.39, 0.29) is 24.9 Å². The molecule has 0 aliphatic carbocycles. The van der Waals surface area contributed by atoms with Crippen LogP contribution < -0.4 is 5.32 Å². The number of imide groups is 1. The molecule has 90 valence electrons. The Morgan fingerprint density at radius 2 is 1.65 bits per heavy atom. The number of aryl methyl sites for hydroxylation is 2. The summed E-state index contributed by atoms with van der Waals surface area (Å²) in [5, 5.41) is 2.79. The van der Waals surface area contributed by atoms with Crippen LogP contribution in [0.2, 0.25) is 0 Å². The van der Waals surface area contributed by atoms with Crippen molar-refractivity contribution in [3.63, 3.8) is 0 Å². The predicted octanol–water partition coefficient (Wildman–Crippen LogP) is 0.762. The van der Waals surface area contributed by atoms with Crippen LogP contribution in [0.4, 0.5) is 0 Å². The van der Waals surface area contributed by atoms with E-state index in [0.717, 1.165) is 16.7 Å². The van der Waals surface area contributed by atoms with Gasteiger partial charge in [0.15, 0.2) is 0 Å². The number of hydrogen-bond donors (Lipinski definition) is 1. The summed E-state index contributed by atoms with van der Waals surface area (Å²) in [5.41, 5.74) is 3.30. The second-order valence-corrected chi connectivity index (χ2v) is 4.35. The van der Waals surface area contributed by atoms with Gasteiger partial charge in [-0.1, -0.05) is 18.2 Å². The molecule has 0 radical (unpaired) electrons. The fourth-order valence-corrected chi connectivity index (χ4v) is 2.04. The zero-order chi connectivity index (χ0) is 12.4. The van der Waals surface area contributed by atoms with E-state index in [1.54, 1.807) is 0 Å². The van der Waals surface area contributed by atoms with Gasteiger partial charge >= 0.3 is 0 Å². The van der Waals surface area contributed by atoms with E-state index >= 15 is 0 Å². The van der Waals surface area contributed by atoms with Crippen LogP contribution in [0.3, 0.4) is 0 Å². The van der Waals surface area contributed by atoms with Crippen molar-refractivity contribution in [3.05, 3.63) is 34.9 Å². The van der Waals surface area contributed by atoms with Gasteiger partial charge in [0.2, 0.25) is 11.8 Å². The Kier molecular flexibility index (Phi) is 3.24. The Balaban J connectivity index is 2.25. The summed E-state index contributed by atoms with van der Waals surface area (Å²) in [4.78, 5) is 24.7. The summed E-state index contributed by atoms with van der Waals surface area (Å²) >= 11 is 0. The molecule has 1 aromatic carbocycles. The maximum absolute atomic E-state index is 11.7. The van der Waals surface area contributed by atoms with Crippen LogP contribution in [0.25, 0.3) is 0 Å². The Morgan fingerprint density at radius 1 is 1.12 bits per heavy atom. The van der Waals surface area contributed by atoms with Crippen LogP contribution >= 0.6 is 0 Å². The lowest BCUT2D eigenvalue weighted by Crippen LogP contribution is -2.51. The minimum Gasteiger partial charge on any atom is -0.300 e. The first-order chi connectivity index (χ1) is 8.09. The first kappa shape index (κ1) is 11.8. The number of carbonyl (C=O) groups is 2. The summed E-state index contributed by atoms with van der Waals surface area (Å²) in [6.07, 6.45) is 0. The van der Waals surface area contributed by atoms with E-state index in [4.69, 9.17) is 0 Å². The number of amides is 2. The normalized spacial score (nSPS) is 16.5. The van der Waals surface area contributed by atoms with Crippen molar-refractivity contribution in [3.8, 4) is 0 Å². The molecule has 1 heterocycles. The molecule has 1 saturated heterocycles. The van der Waals surface area contributed by atoms with Crippen LogP contribution in [0, 0.1) is 13.8 Å². The Bertz CT molecular complexity index is 432. The first-order valence-electron chi connectivity index (χ1n) is 5.68. The molecule has 0 aromatic heterocycles. The number of carbonyl (C=O) groups excluding carboxylic acids is 2. The molecule has 17 heavy (non-hydrogen) atoms. The molecule has 1 N–H and O–H groups in total. The lowest BCUT2D eigenvalue weighted by molar-refractivity contribution is -0.147. The first-order valence-corrected chi connectivity index (χ1v) is 5.68. The van der Waals surface area contributed by atoms with Crippen molar-refractivity contribution in [1.82, 2.24) is 10.2 Å². The molecule has 2 amide bonds. The van der Waals surface area contributed by atoms with Crippen LogP contribution in [-0.2, 0) is 16.1 Å². The predicted molar refractivity (Wildman–Crippen MR) is 64.3 cm³/mol. The fourth-order valence-electron chi connectivity index (χ4n) is 2.04. The average molecular weight is 232 g/mol. The molecule has 1 aliphatic rings. The highest BCUT2D eigenvalue weighted by Crippen LogP contribution is 2.16. The van der Waals surface area contributed by atoms with Gasteiger partial charge in [0, 0.05) is 0 Å². The maximum atomic E-state index is 11.7. The highest BCUT2D eigenvalue weighted by atomic mass is 16.2. The monoisotopic (exact) mass is 232 g/mol. The molecule has 0 spiro atoms. The van der Waals surface area contributed by atoms with Gasteiger partial charge in [-0.3, -0.25) is 19.8 Å². The Hall–Kier alpha value is -1.68. The highest BCUT2D eigenvalue weighted by Gasteiger charge is 2.26. The molecular weight excluding hydrogens is 216 g/mol. The van der Waals surface area contributed by atoms with Crippen LogP contribution in [0.1, 0.15) is 16.7 Å². The van der Waals surface area contributed by atoms with Gasteiger partial charge < -0.3 is 0 Å². The third-order valence-electron chi connectivity index (χ3n) is 3.12. The second-order valence-electron chi connectivity index (χ2n) is 4.35. The lowest BCUT2D eigenvalue weighted by Gasteiger charge is -2.26. The third-order valence-corrected chi connectivity index (χ3v) is 3.12. The summed E-state index contributed by atoms with van der Waals surface area (Å²) in [6.45, 7) is 4.88. The Labute approximate surface area is 101 Å². The van der Waals surface area contributed by atoms with Gasteiger partial charge in [-0.25, -0.2) is 0 Å². The van der Waals surface area contributed by atoms with E-state index in [2.05, 4.69) is 5.32 Å². The summed E-state index contributed by atoms with van der Waals surface area (Å²) in [7, 11) is 0. The number of piperazine rings is 1. The van der Waals surface area contributed by atoms with Gasteiger partial charge in [0.1, 0.15) is 0 Å². The SMILES string of the molecule is Cc1cccc(C)c1CN1C(=O)CNCC1=O. The number of hydrogen-bond acceptors (Lipinski definition) is 3. The maximum Gasteiger partial charge on any atom is 0.243 e. The van der Waals surface area contributed by atoms with Crippen LogP contribution in [0.5, 0.6) is 0 Å². The number of nitrogens with zero attached hydrogens (tertiary/aromatic N) is 1. The zero-order valence-electron chi connectivity index (χ0n) is 10.1. The number of rotatable bonds is 2. The van der Waals surface area contributed by atoms with E-state index in [9.17, 15) is 9.59 Å². The van der Waals surface area contributed by atoms with Crippen molar-refractivity contribution in [2.75, 3.05) is 13.1 Å². The van der Waals surface area contributed by atoms with Crippen molar-refractivity contribution in [2.24, 2.45) is 0 Å². The second kappa shape index (κ2) is 4.67. The van der Waals surface area contributed by atoms with Crippen LogP contribution in [0.15, 0.2) is 18.2 Å². The lowest BCUT2D eigenvalue weighted by atomic mass is 10.0. The molecule has 4 nitrogen and oxygen atoms in total. The van der Waals surface area contributed by atoms with Crippen molar-refractivity contribution < 1.29 is 9.59 Å². The minimum atomic E-state index is -0.149. The average Bonchev–Trinajstić information content (AvgIpc) is 2.27. The summed E-state index contributed by atoms with van der Waals surface area (Å²) in [6, 6.07) is 5.98. The van der Waals surface area contributed by atoms with Crippen molar-refractivity contribution in [1.29, 1.82) is 0 Å². The standard InChI is InChI=1S/C13H16N2O2/c1-9-4-3-5-10(2)11(9)8-15-12(16)6-14-7-13(15)17/h3-5,14H,6-8H2,1-2H3. The van der Waals surface area contributed by atoms with Gasteiger partial charge in [-0.2, -0.15) is 0 Å². The molecule has 2 rings (SSSR count). The molecular formula is C13H16N2O2. The fraction of sp³-hybridized carbons (Fsp3) is 0.385. The summed E-state index contributed by atoms with van der Waals surface area (Å²) < 4.78 is 0. The highest BCUT2D eigenvalue weighted by molar-refractivity contribution is 5.99. The topological polar surface area (TPSA) is 49.4 Å². The van der Waals surface area contributed by atoms with Gasteiger partial charge in [-0.05, 0) is 30.5 Å². The van der Waals surface area contributed by atoms with E-state index in [0.29, 0.717) is 6.54 Å². The smallest absolute Gasteiger partial charge is 0.243 e. The largest absolute Gasteiger partial charge is 0.300 e. The quantitative estimate of drug-likeness (QED) is 0.766. The van der Waals surface area contributed by atoms with Crippen molar-refractivity contribution in [2.45, 2.75) is 20.4 Å². The minimum absolute atomic E-state index is 0.149. The molecule has 1 fully saturated rings. The molecule has 4 heteroatoms.